The molecule has 0 aliphatic heterocycles. The lowest BCUT2D eigenvalue weighted by Gasteiger charge is -2.31. The minimum absolute atomic E-state index is 0.418. The highest BCUT2D eigenvalue weighted by atomic mass is 16.5. The van der Waals surface area contributed by atoms with Gasteiger partial charge in [0.2, 0.25) is 0 Å². The summed E-state index contributed by atoms with van der Waals surface area (Å²) in [6, 6.07) is 6.16. The van der Waals surface area contributed by atoms with Gasteiger partial charge in [0.25, 0.3) is 0 Å². The molecular weight excluding hydrogens is 236 g/mol. The second-order valence-electron chi connectivity index (χ2n) is 5.85. The van der Waals surface area contributed by atoms with Crippen LogP contribution in [0.25, 0.3) is 0 Å². The van der Waals surface area contributed by atoms with E-state index < -0.39 is 0 Å². The van der Waals surface area contributed by atoms with Gasteiger partial charge in [-0.05, 0) is 50.3 Å². The number of nitrogens with zero attached hydrogens (tertiary/aromatic N) is 1. The average Bonchev–Trinajstić information content (AvgIpc) is 2.41. The Morgan fingerprint density at radius 1 is 1.21 bits per heavy atom. The van der Waals surface area contributed by atoms with Crippen LogP contribution in [0.3, 0.4) is 0 Å². The van der Waals surface area contributed by atoms with Crippen LogP contribution in [0.15, 0.2) is 18.2 Å². The van der Waals surface area contributed by atoms with Crippen LogP contribution in [0.1, 0.15) is 44.5 Å². The normalized spacial score (nSPS) is 27.4. The summed E-state index contributed by atoms with van der Waals surface area (Å²) in [4.78, 5) is 4.59. The van der Waals surface area contributed by atoms with Crippen molar-refractivity contribution in [3.05, 3.63) is 29.6 Å². The molecule has 0 amide bonds. The van der Waals surface area contributed by atoms with Crippen molar-refractivity contribution < 1.29 is 4.74 Å². The zero-order valence-corrected chi connectivity index (χ0v) is 12.4. The van der Waals surface area contributed by atoms with Crippen LogP contribution in [0.5, 0.6) is 0 Å². The first kappa shape index (κ1) is 14.5. The smallest absolute Gasteiger partial charge is 0.0891 e. The summed E-state index contributed by atoms with van der Waals surface area (Å²) in [6.07, 6.45) is 4.10. The molecule has 0 radical (unpaired) electrons. The molecule has 1 aromatic heterocycles. The van der Waals surface area contributed by atoms with Crippen molar-refractivity contribution in [2.75, 3.05) is 7.05 Å². The highest BCUT2D eigenvalue weighted by Crippen LogP contribution is 2.31. The molecule has 1 aromatic rings. The fraction of sp³-hybridized carbons (Fsp3) is 0.688. The van der Waals surface area contributed by atoms with Crippen LogP contribution in [0, 0.1) is 11.8 Å². The Labute approximate surface area is 116 Å². The third kappa shape index (κ3) is 4.29. The van der Waals surface area contributed by atoms with Crippen molar-refractivity contribution >= 4 is 0 Å². The molecule has 3 nitrogen and oxygen atoms in total. The Morgan fingerprint density at radius 3 is 2.74 bits per heavy atom. The van der Waals surface area contributed by atoms with Crippen LogP contribution in [-0.2, 0) is 17.9 Å². The van der Waals surface area contributed by atoms with Crippen LogP contribution in [0.2, 0.25) is 0 Å². The molecule has 1 N–H and O–H groups in total. The highest BCUT2D eigenvalue weighted by molar-refractivity contribution is 5.10. The lowest BCUT2D eigenvalue weighted by atomic mass is 9.80. The number of hydrogen-bond acceptors (Lipinski definition) is 3. The van der Waals surface area contributed by atoms with Gasteiger partial charge >= 0.3 is 0 Å². The highest BCUT2D eigenvalue weighted by Gasteiger charge is 2.24. The first-order chi connectivity index (χ1) is 9.19. The van der Waals surface area contributed by atoms with E-state index in [0.717, 1.165) is 29.8 Å². The summed E-state index contributed by atoms with van der Waals surface area (Å²) < 4.78 is 6.04. The van der Waals surface area contributed by atoms with E-state index in [1.54, 1.807) is 0 Å². The van der Waals surface area contributed by atoms with Gasteiger partial charge in [0.05, 0.1) is 24.1 Å². The number of hydrogen-bond donors (Lipinski definition) is 1. The van der Waals surface area contributed by atoms with Gasteiger partial charge in [-0.15, -0.1) is 0 Å². The largest absolute Gasteiger partial charge is 0.372 e. The minimum Gasteiger partial charge on any atom is -0.372 e. The maximum atomic E-state index is 6.04. The topological polar surface area (TPSA) is 34.1 Å². The predicted molar refractivity (Wildman–Crippen MR) is 77.8 cm³/mol. The van der Waals surface area contributed by atoms with Crippen LogP contribution in [-0.4, -0.2) is 18.1 Å². The third-order valence-corrected chi connectivity index (χ3v) is 4.24. The first-order valence-electron chi connectivity index (χ1n) is 7.40. The van der Waals surface area contributed by atoms with Crippen LogP contribution >= 0.6 is 0 Å². The number of pyridine rings is 1. The number of rotatable bonds is 5. The second kappa shape index (κ2) is 7.01. The van der Waals surface area contributed by atoms with Gasteiger partial charge in [0.15, 0.2) is 0 Å². The van der Waals surface area contributed by atoms with E-state index >= 15 is 0 Å². The van der Waals surface area contributed by atoms with Crippen molar-refractivity contribution in [2.45, 2.75) is 52.4 Å². The van der Waals surface area contributed by atoms with Crippen molar-refractivity contribution in [3.8, 4) is 0 Å². The third-order valence-electron chi connectivity index (χ3n) is 4.24. The predicted octanol–water partition coefficient (Wildman–Crippen LogP) is 3.14. The maximum Gasteiger partial charge on any atom is 0.0891 e. The van der Waals surface area contributed by atoms with Crippen molar-refractivity contribution in [1.82, 2.24) is 10.3 Å². The number of aromatic nitrogens is 1. The second-order valence-corrected chi connectivity index (χ2v) is 5.85. The lowest BCUT2D eigenvalue weighted by Crippen LogP contribution is -2.26. The van der Waals surface area contributed by atoms with Crippen LogP contribution < -0.4 is 5.32 Å². The Hall–Kier alpha value is -0.930. The Morgan fingerprint density at radius 2 is 2.00 bits per heavy atom. The summed E-state index contributed by atoms with van der Waals surface area (Å²) in [5.41, 5.74) is 2.12. The van der Waals surface area contributed by atoms with E-state index in [9.17, 15) is 0 Å². The summed E-state index contributed by atoms with van der Waals surface area (Å²) in [7, 11) is 1.94. The van der Waals surface area contributed by atoms with Gasteiger partial charge in [-0.3, -0.25) is 4.98 Å². The SMILES string of the molecule is CNCc1cccc(COC2CCC(C)C(C)C2)n1. The fourth-order valence-electron chi connectivity index (χ4n) is 2.74. The van der Waals surface area contributed by atoms with Gasteiger partial charge in [0.1, 0.15) is 0 Å². The van der Waals surface area contributed by atoms with Crippen LogP contribution in [0.4, 0.5) is 0 Å². The quantitative estimate of drug-likeness (QED) is 0.885. The summed E-state index contributed by atoms with van der Waals surface area (Å²) in [5, 5.41) is 3.12. The molecule has 1 saturated carbocycles. The monoisotopic (exact) mass is 262 g/mol. The van der Waals surface area contributed by atoms with Gasteiger partial charge in [-0.1, -0.05) is 19.9 Å². The molecule has 106 valence electrons. The number of nitrogens with one attached hydrogen (secondary N) is 1. The van der Waals surface area contributed by atoms with E-state index in [4.69, 9.17) is 4.74 Å². The van der Waals surface area contributed by atoms with E-state index in [1.807, 2.05) is 19.2 Å². The Kier molecular flexibility index (Phi) is 5.34. The van der Waals surface area contributed by atoms with E-state index in [2.05, 4.69) is 30.2 Å². The molecule has 3 unspecified atom stereocenters. The first-order valence-corrected chi connectivity index (χ1v) is 7.40. The zero-order valence-electron chi connectivity index (χ0n) is 12.4. The van der Waals surface area contributed by atoms with Crippen molar-refractivity contribution in [1.29, 1.82) is 0 Å². The molecule has 2 rings (SSSR count). The fourth-order valence-corrected chi connectivity index (χ4v) is 2.74. The summed E-state index contributed by atoms with van der Waals surface area (Å²) in [5.74, 6) is 1.62. The maximum absolute atomic E-state index is 6.04. The van der Waals surface area contributed by atoms with Gasteiger partial charge < -0.3 is 10.1 Å². The molecule has 1 aliphatic carbocycles. The van der Waals surface area contributed by atoms with Crippen molar-refractivity contribution in [3.63, 3.8) is 0 Å². The van der Waals surface area contributed by atoms with Gasteiger partial charge in [0, 0.05) is 6.54 Å². The molecule has 0 saturated heterocycles. The van der Waals surface area contributed by atoms with Crippen molar-refractivity contribution in [2.24, 2.45) is 11.8 Å². The molecule has 0 spiro atoms. The molecule has 1 aliphatic rings. The molecule has 19 heavy (non-hydrogen) atoms. The van der Waals surface area contributed by atoms with Gasteiger partial charge in [-0.25, -0.2) is 0 Å². The minimum atomic E-state index is 0.418. The lowest BCUT2D eigenvalue weighted by molar-refractivity contribution is -0.00881. The summed E-state index contributed by atoms with van der Waals surface area (Å²) >= 11 is 0. The molecule has 1 heterocycles. The molecule has 1 fully saturated rings. The van der Waals surface area contributed by atoms with E-state index in [-0.39, 0.29) is 0 Å². The van der Waals surface area contributed by atoms with E-state index in [0.29, 0.717) is 12.7 Å². The zero-order chi connectivity index (χ0) is 13.7. The Bertz CT molecular complexity index is 394. The average molecular weight is 262 g/mol. The number of ether oxygens (including phenoxy) is 1. The molecule has 0 aromatic carbocycles. The Balaban J connectivity index is 1.83. The summed E-state index contributed by atoms with van der Waals surface area (Å²) in [6.45, 7) is 6.14. The molecular formula is C16H26N2O. The molecule has 3 atom stereocenters. The van der Waals surface area contributed by atoms with Gasteiger partial charge in [-0.2, -0.15) is 0 Å². The molecule has 0 bridgehead atoms. The molecule has 3 heteroatoms. The standard InChI is InChI=1S/C16H26N2O/c1-12-7-8-16(9-13(12)2)19-11-15-6-4-5-14(18-15)10-17-3/h4-6,12-13,16-17H,7-11H2,1-3H3. The van der Waals surface area contributed by atoms with E-state index in [1.165, 1.54) is 19.3 Å².